The fourth-order valence-electron chi connectivity index (χ4n) is 2.03. The Kier molecular flexibility index (Phi) is 12.1. The molecule has 2 rings (SSSR count). The number of aliphatic carboxylic acids is 2. The van der Waals surface area contributed by atoms with Crippen LogP contribution < -0.4 is 11.1 Å². The molecule has 0 aliphatic carbocycles. The summed E-state index contributed by atoms with van der Waals surface area (Å²) in [6.07, 6.45) is -10.2. The summed E-state index contributed by atoms with van der Waals surface area (Å²) in [6, 6.07) is 5.58. The number of nitrogens with zero attached hydrogens (tertiary/aromatic N) is 2. The van der Waals surface area contributed by atoms with Gasteiger partial charge in [0.25, 0.3) is 0 Å². The first kappa shape index (κ1) is 31.5. The topological polar surface area (TPSA) is 146 Å². The molecule has 17 heteroatoms. The number of likely N-dealkylation sites (N-methyl/N-ethyl adjacent to an activating group) is 1. The van der Waals surface area contributed by atoms with Crippen LogP contribution in [0.3, 0.4) is 0 Å². The molecule has 0 aliphatic rings. The molecule has 0 saturated heterocycles. The standard InChI is InChI=1S/C14H17FN4OS.2C2HF3O2/c1-19(2)12(10-5-3-4-6-11(10)15)13(20)17-7-9-8-21-14(16)18-9;2*3-2(4,5)1(6)7/h3-6,8,12H,7H2,1-2H3,(H2,16,18)(H,17,20);2*(H,6,7). The predicted octanol–water partition coefficient (Wildman–Crippen LogP) is 3.05. The van der Waals surface area contributed by atoms with E-state index in [1.165, 1.54) is 17.4 Å². The van der Waals surface area contributed by atoms with Crippen LogP contribution in [0, 0.1) is 5.82 Å². The van der Waals surface area contributed by atoms with Gasteiger partial charge in [-0.3, -0.25) is 9.69 Å². The maximum atomic E-state index is 13.9. The fourth-order valence-corrected chi connectivity index (χ4v) is 2.59. The lowest BCUT2D eigenvalue weighted by Crippen LogP contribution is -2.37. The predicted molar refractivity (Wildman–Crippen MR) is 109 cm³/mol. The second kappa shape index (κ2) is 13.4. The molecule has 1 aromatic heterocycles. The molecule has 0 fully saturated rings. The smallest absolute Gasteiger partial charge is 0.475 e. The van der Waals surface area contributed by atoms with Gasteiger partial charge in [-0.2, -0.15) is 26.3 Å². The number of benzene rings is 1. The number of nitrogens with one attached hydrogen (secondary N) is 1. The van der Waals surface area contributed by atoms with Crippen molar-refractivity contribution in [2.75, 3.05) is 19.8 Å². The lowest BCUT2D eigenvalue weighted by Gasteiger charge is -2.24. The van der Waals surface area contributed by atoms with Gasteiger partial charge in [-0.15, -0.1) is 11.3 Å². The Morgan fingerprint density at radius 2 is 1.51 bits per heavy atom. The van der Waals surface area contributed by atoms with Crippen LogP contribution >= 0.6 is 11.3 Å². The molecule has 196 valence electrons. The number of carboxylic acids is 2. The Morgan fingerprint density at radius 3 is 1.86 bits per heavy atom. The van der Waals surface area contributed by atoms with Gasteiger partial charge < -0.3 is 21.3 Å². The zero-order valence-corrected chi connectivity index (χ0v) is 18.6. The number of carbonyl (C=O) groups excluding carboxylic acids is 1. The number of hydrogen-bond donors (Lipinski definition) is 4. The number of carboxylic acid groups (broad SMARTS) is 2. The van der Waals surface area contributed by atoms with E-state index in [-0.39, 0.29) is 12.5 Å². The van der Waals surface area contributed by atoms with Crippen molar-refractivity contribution >= 4 is 34.3 Å². The quantitative estimate of drug-likeness (QED) is 0.427. The summed E-state index contributed by atoms with van der Waals surface area (Å²) < 4.78 is 77.4. The molecule has 0 bridgehead atoms. The van der Waals surface area contributed by atoms with Crippen molar-refractivity contribution in [3.05, 3.63) is 46.7 Å². The Hall–Kier alpha value is -3.47. The van der Waals surface area contributed by atoms with E-state index in [0.29, 0.717) is 16.4 Å². The lowest BCUT2D eigenvalue weighted by molar-refractivity contribution is -0.193. The number of anilines is 1. The van der Waals surface area contributed by atoms with Crippen molar-refractivity contribution in [1.29, 1.82) is 0 Å². The molecular weight excluding hydrogens is 517 g/mol. The number of alkyl halides is 6. The minimum absolute atomic E-state index is 0.269. The van der Waals surface area contributed by atoms with Gasteiger partial charge in [0.15, 0.2) is 5.13 Å². The zero-order chi connectivity index (χ0) is 27.6. The van der Waals surface area contributed by atoms with E-state index in [2.05, 4.69) is 10.3 Å². The number of carbonyl (C=O) groups is 3. The minimum atomic E-state index is -5.08. The summed E-state index contributed by atoms with van der Waals surface area (Å²) in [6.45, 7) is 0.269. The first-order valence-corrected chi connectivity index (χ1v) is 9.74. The molecule has 2 aromatic rings. The molecule has 1 amide bonds. The first-order chi connectivity index (χ1) is 15.9. The maximum Gasteiger partial charge on any atom is 0.490 e. The number of rotatable bonds is 5. The molecule has 1 unspecified atom stereocenters. The van der Waals surface area contributed by atoms with Crippen LogP contribution in [-0.2, 0) is 20.9 Å². The normalized spacial score (nSPS) is 11.9. The Morgan fingerprint density at radius 1 is 1.06 bits per heavy atom. The van der Waals surface area contributed by atoms with Gasteiger partial charge in [0.2, 0.25) is 5.91 Å². The van der Waals surface area contributed by atoms with Crippen LogP contribution in [0.5, 0.6) is 0 Å². The first-order valence-electron chi connectivity index (χ1n) is 8.86. The average molecular weight is 536 g/mol. The summed E-state index contributed by atoms with van der Waals surface area (Å²) in [5.74, 6) is -6.19. The summed E-state index contributed by atoms with van der Waals surface area (Å²) in [7, 11) is 3.47. The second-order valence-corrected chi connectivity index (χ2v) is 7.28. The summed E-state index contributed by atoms with van der Waals surface area (Å²) in [4.78, 5) is 35.9. The van der Waals surface area contributed by atoms with Gasteiger partial charge in [-0.25, -0.2) is 19.0 Å². The van der Waals surface area contributed by atoms with Gasteiger partial charge in [-0.05, 0) is 20.2 Å². The van der Waals surface area contributed by atoms with Crippen LogP contribution in [-0.4, -0.2) is 64.4 Å². The number of aromatic nitrogens is 1. The van der Waals surface area contributed by atoms with Crippen molar-refractivity contribution < 1.29 is 55.3 Å². The summed E-state index contributed by atoms with van der Waals surface area (Å²) in [5.41, 5.74) is 6.58. The van der Waals surface area contributed by atoms with Gasteiger partial charge >= 0.3 is 24.3 Å². The molecule has 9 nitrogen and oxygen atoms in total. The number of hydrogen-bond acceptors (Lipinski definition) is 7. The fraction of sp³-hybridized carbons (Fsp3) is 0.333. The lowest BCUT2D eigenvalue weighted by atomic mass is 10.0. The van der Waals surface area contributed by atoms with E-state index in [4.69, 9.17) is 25.5 Å². The van der Waals surface area contributed by atoms with E-state index in [1.54, 1.807) is 42.6 Å². The van der Waals surface area contributed by atoms with Crippen LogP contribution in [0.25, 0.3) is 0 Å². The minimum Gasteiger partial charge on any atom is -0.475 e. The molecule has 0 aliphatic heterocycles. The van der Waals surface area contributed by atoms with E-state index in [1.807, 2.05) is 0 Å². The number of nitrogen functional groups attached to an aromatic ring is 1. The third-order valence-electron chi connectivity index (χ3n) is 3.46. The highest BCUT2D eigenvalue weighted by atomic mass is 32.1. The SMILES string of the molecule is CN(C)C(C(=O)NCc1csc(N)n1)c1ccccc1F.O=C(O)C(F)(F)F.O=C(O)C(F)(F)F. The van der Waals surface area contributed by atoms with Crippen LogP contribution in [0.1, 0.15) is 17.3 Å². The molecule has 0 radical (unpaired) electrons. The average Bonchev–Trinajstić information content (AvgIpc) is 3.12. The molecule has 1 aromatic carbocycles. The highest BCUT2D eigenvalue weighted by molar-refractivity contribution is 7.13. The molecule has 0 spiro atoms. The number of thiazole rings is 1. The van der Waals surface area contributed by atoms with Gasteiger partial charge in [-0.1, -0.05) is 18.2 Å². The van der Waals surface area contributed by atoms with Gasteiger partial charge in [0.1, 0.15) is 11.9 Å². The summed E-state index contributed by atoms with van der Waals surface area (Å²) in [5, 5.41) is 19.2. The van der Waals surface area contributed by atoms with Crippen LogP contribution in [0.4, 0.5) is 35.9 Å². The molecular formula is C18H19F7N4O5S. The molecule has 1 atom stereocenters. The Labute approximate surface area is 197 Å². The van der Waals surface area contributed by atoms with Crippen molar-refractivity contribution in [2.24, 2.45) is 0 Å². The molecule has 0 saturated carbocycles. The largest absolute Gasteiger partial charge is 0.490 e. The monoisotopic (exact) mass is 536 g/mol. The van der Waals surface area contributed by atoms with Crippen molar-refractivity contribution in [1.82, 2.24) is 15.2 Å². The van der Waals surface area contributed by atoms with Crippen molar-refractivity contribution in [3.63, 3.8) is 0 Å². The number of amides is 1. The number of nitrogens with two attached hydrogens (primary N) is 1. The maximum absolute atomic E-state index is 13.9. The molecule has 35 heavy (non-hydrogen) atoms. The molecule has 1 heterocycles. The highest BCUT2D eigenvalue weighted by Gasteiger charge is 2.38. The second-order valence-electron chi connectivity index (χ2n) is 6.39. The van der Waals surface area contributed by atoms with Crippen LogP contribution in [0.15, 0.2) is 29.6 Å². The van der Waals surface area contributed by atoms with Gasteiger partial charge in [0.05, 0.1) is 12.2 Å². The molecule has 5 N–H and O–H groups in total. The number of halogens is 7. The highest BCUT2D eigenvalue weighted by Crippen LogP contribution is 2.22. The van der Waals surface area contributed by atoms with E-state index < -0.39 is 36.2 Å². The Balaban J connectivity index is 0.000000680. The zero-order valence-electron chi connectivity index (χ0n) is 17.8. The van der Waals surface area contributed by atoms with Gasteiger partial charge in [0, 0.05) is 10.9 Å². The van der Waals surface area contributed by atoms with Crippen LogP contribution in [0.2, 0.25) is 0 Å². The third-order valence-corrected chi connectivity index (χ3v) is 4.19. The van der Waals surface area contributed by atoms with Crippen molar-refractivity contribution in [2.45, 2.75) is 24.9 Å². The van der Waals surface area contributed by atoms with Crippen molar-refractivity contribution in [3.8, 4) is 0 Å². The summed E-state index contributed by atoms with van der Waals surface area (Å²) >= 11 is 1.31. The Bertz CT molecular complexity index is 972. The third kappa shape index (κ3) is 12.0. The van der Waals surface area contributed by atoms with E-state index in [9.17, 15) is 35.5 Å². The van der Waals surface area contributed by atoms with E-state index in [0.717, 1.165) is 0 Å². The van der Waals surface area contributed by atoms with E-state index >= 15 is 0 Å².